The van der Waals surface area contributed by atoms with Crippen LogP contribution in [-0.4, -0.2) is 23.0 Å². The lowest BCUT2D eigenvalue weighted by Gasteiger charge is -2.42. The van der Waals surface area contributed by atoms with Gasteiger partial charge in [0.2, 0.25) is 0 Å². The van der Waals surface area contributed by atoms with Crippen LogP contribution in [-0.2, 0) is 0 Å². The van der Waals surface area contributed by atoms with Crippen molar-refractivity contribution in [2.45, 2.75) is 36.5 Å². The minimum absolute atomic E-state index is 0.0351. The van der Waals surface area contributed by atoms with E-state index in [2.05, 4.69) is 36.0 Å². The largest absolute Gasteiger partial charge is 0.396 e. The second kappa shape index (κ2) is 7.02. The predicted octanol–water partition coefficient (Wildman–Crippen LogP) is 4.11. The minimum Gasteiger partial charge on any atom is -0.396 e. The maximum atomic E-state index is 9.57. The van der Waals surface area contributed by atoms with Gasteiger partial charge < -0.3 is 5.11 Å². The number of nitrogens with zero attached hydrogens (tertiary/aromatic N) is 3. The van der Waals surface area contributed by atoms with Gasteiger partial charge in [-0.2, -0.15) is 0 Å². The molecule has 1 N–H and O–H groups in total. The van der Waals surface area contributed by atoms with E-state index >= 15 is 0 Å². The van der Waals surface area contributed by atoms with E-state index in [0.717, 1.165) is 6.42 Å². The van der Waals surface area contributed by atoms with E-state index in [0.29, 0.717) is 11.2 Å². The number of hydrogen-bond acceptors (Lipinski definition) is 3. The van der Waals surface area contributed by atoms with Gasteiger partial charge in [-0.25, -0.2) is 0 Å². The first-order chi connectivity index (χ1) is 9.67. The maximum absolute atomic E-state index is 9.57. The molecule has 1 aliphatic rings. The highest BCUT2D eigenvalue weighted by Gasteiger charge is 2.40. The van der Waals surface area contributed by atoms with E-state index in [1.165, 1.54) is 4.90 Å². The second-order valence-electron chi connectivity index (χ2n) is 5.56. The number of aliphatic hydroxyl groups excluding tert-OH is 1. The molecule has 20 heavy (non-hydrogen) atoms. The molecule has 4 nitrogen and oxygen atoms in total. The Bertz CT molecular complexity index is 475. The molecule has 0 saturated heterocycles. The lowest BCUT2D eigenvalue weighted by atomic mass is 9.72. The van der Waals surface area contributed by atoms with Crippen molar-refractivity contribution < 1.29 is 5.11 Å². The Morgan fingerprint density at radius 3 is 2.60 bits per heavy atom. The first kappa shape index (κ1) is 15.2. The molecular weight excluding hydrogens is 270 g/mol. The van der Waals surface area contributed by atoms with Crippen molar-refractivity contribution >= 4 is 11.8 Å². The smallest absolute Gasteiger partial charge is 0.0462 e. The van der Waals surface area contributed by atoms with Gasteiger partial charge in [0, 0.05) is 27.7 Å². The Labute approximate surface area is 124 Å². The first-order valence-corrected chi connectivity index (χ1v) is 7.92. The van der Waals surface area contributed by atoms with E-state index in [-0.39, 0.29) is 24.5 Å². The normalized spacial score (nSPS) is 33.5. The molecule has 0 bridgehead atoms. The van der Waals surface area contributed by atoms with Gasteiger partial charge in [0.1, 0.15) is 0 Å². The molecule has 5 atom stereocenters. The molecule has 0 radical (unpaired) electrons. The summed E-state index contributed by atoms with van der Waals surface area (Å²) < 4.78 is 0. The van der Waals surface area contributed by atoms with Crippen molar-refractivity contribution in [3.05, 3.63) is 40.8 Å². The Morgan fingerprint density at radius 2 is 2.00 bits per heavy atom. The van der Waals surface area contributed by atoms with E-state index < -0.39 is 0 Å². The van der Waals surface area contributed by atoms with Crippen LogP contribution in [0.4, 0.5) is 0 Å². The van der Waals surface area contributed by atoms with Gasteiger partial charge in [-0.05, 0) is 41.8 Å². The lowest BCUT2D eigenvalue weighted by molar-refractivity contribution is 0.108. The zero-order chi connectivity index (χ0) is 14.5. The van der Waals surface area contributed by atoms with Gasteiger partial charge in [0.05, 0.1) is 0 Å². The van der Waals surface area contributed by atoms with Crippen LogP contribution in [0.25, 0.3) is 10.4 Å². The summed E-state index contributed by atoms with van der Waals surface area (Å²) in [6, 6.07) is 10.3. The highest BCUT2D eigenvalue weighted by Crippen LogP contribution is 2.43. The van der Waals surface area contributed by atoms with Crippen LogP contribution < -0.4 is 0 Å². The molecule has 2 rings (SSSR count). The SMILES string of the molecule is CC1[C@@H](Sc2ccccc2)CC(CO)[C@H](C)[C@@H]1N=[N+]=[N-]. The standard InChI is InChI=1S/C15H21N3OS/c1-10-12(9-19)8-14(11(2)15(10)17-18-16)20-13-6-4-3-5-7-13/h3-7,10-12,14-15,19H,8-9H2,1-2H3/t10-,11?,12?,14-,15-/m0/s1. The summed E-state index contributed by atoms with van der Waals surface area (Å²) in [6.07, 6.45) is 0.968. The van der Waals surface area contributed by atoms with E-state index in [1.807, 2.05) is 30.0 Å². The minimum atomic E-state index is -0.0351. The number of benzene rings is 1. The Balaban J connectivity index is 2.17. The third kappa shape index (κ3) is 3.29. The van der Waals surface area contributed by atoms with Crippen molar-refractivity contribution in [1.82, 2.24) is 0 Å². The van der Waals surface area contributed by atoms with Crippen LogP contribution in [0.15, 0.2) is 40.3 Å². The molecule has 0 heterocycles. The van der Waals surface area contributed by atoms with Crippen LogP contribution in [0, 0.1) is 17.8 Å². The fourth-order valence-electron chi connectivity index (χ4n) is 3.05. The highest BCUT2D eigenvalue weighted by molar-refractivity contribution is 8.00. The molecule has 1 aliphatic carbocycles. The Morgan fingerprint density at radius 1 is 1.30 bits per heavy atom. The third-order valence-corrected chi connectivity index (χ3v) is 5.86. The van der Waals surface area contributed by atoms with Gasteiger partial charge in [-0.3, -0.25) is 0 Å². The number of thioether (sulfide) groups is 1. The molecule has 0 spiro atoms. The number of aliphatic hydroxyl groups is 1. The summed E-state index contributed by atoms with van der Waals surface area (Å²) in [6.45, 7) is 4.40. The number of rotatable bonds is 4. The van der Waals surface area contributed by atoms with Gasteiger partial charge >= 0.3 is 0 Å². The summed E-state index contributed by atoms with van der Waals surface area (Å²) in [7, 11) is 0. The van der Waals surface area contributed by atoms with Crippen LogP contribution in [0.5, 0.6) is 0 Å². The fourth-order valence-corrected chi connectivity index (χ4v) is 4.43. The molecule has 1 saturated carbocycles. The maximum Gasteiger partial charge on any atom is 0.0462 e. The molecule has 2 unspecified atom stereocenters. The molecule has 1 fully saturated rings. The first-order valence-electron chi connectivity index (χ1n) is 7.04. The van der Waals surface area contributed by atoms with Crippen molar-refractivity contribution in [3.8, 4) is 0 Å². The van der Waals surface area contributed by atoms with Crippen molar-refractivity contribution in [2.24, 2.45) is 22.9 Å². The topological polar surface area (TPSA) is 69.0 Å². The monoisotopic (exact) mass is 291 g/mol. The second-order valence-corrected chi connectivity index (χ2v) is 6.87. The summed E-state index contributed by atoms with van der Waals surface area (Å²) >= 11 is 1.83. The predicted molar refractivity (Wildman–Crippen MR) is 82.5 cm³/mol. The quantitative estimate of drug-likeness (QED) is 0.515. The fraction of sp³-hybridized carbons (Fsp3) is 0.600. The number of azide groups is 1. The van der Waals surface area contributed by atoms with Crippen LogP contribution in [0.2, 0.25) is 0 Å². The summed E-state index contributed by atoms with van der Waals surface area (Å²) in [5.41, 5.74) is 8.78. The third-order valence-electron chi connectivity index (χ3n) is 4.39. The summed E-state index contributed by atoms with van der Waals surface area (Å²) in [5, 5.41) is 13.9. The van der Waals surface area contributed by atoms with E-state index in [4.69, 9.17) is 5.53 Å². The van der Waals surface area contributed by atoms with E-state index in [1.54, 1.807) is 0 Å². The van der Waals surface area contributed by atoms with Gasteiger partial charge in [0.15, 0.2) is 0 Å². The summed E-state index contributed by atoms with van der Waals surface area (Å²) in [4.78, 5) is 4.24. The molecule has 0 aromatic heterocycles. The molecule has 0 aliphatic heterocycles. The van der Waals surface area contributed by atoms with Crippen molar-refractivity contribution in [2.75, 3.05) is 6.61 Å². The van der Waals surface area contributed by atoms with Crippen molar-refractivity contribution in [3.63, 3.8) is 0 Å². The van der Waals surface area contributed by atoms with Crippen LogP contribution >= 0.6 is 11.8 Å². The van der Waals surface area contributed by atoms with Gasteiger partial charge in [-0.1, -0.05) is 37.2 Å². The van der Waals surface area contributed by atoms with E-state index in [9.17, 15) is 5.11 Å². The Kier molecular flexibility index (Phi) is 5.35. The molecular formula is C15H21N3OS. The molecule has 108 valence electrons. The number of hydrogen-bond donors (Lipinski definition) is 1. The molecule has 5 heteroatoms. The van der Waals surface area contributed by atoms with Gasteiger partial charge in [0.25, 0.3) is 0 Å². The molecule has 1 aromatic carbocycles. The lowest BCUT2D eigenvalue weighted by Crippen LogP contribution is -2.43. The van der Waals surface area contributed by atoms with Crippen LogP contribution in [0.1, 0.15) is 20.3 Å². The average molecular weight is 291 g/mol. The zero-order valence-corrected chi connectivity index (χ0v) is 12.7. The molecule has 0 amide bonds. The summed E-state index contributed by atoms with van der Waals surface area (Å²) in [5.74, 6) is 0.760. The van der Waals surface area contributed by atoms with Crippen LogP contribution in [0.3, 0.4) is 0 Å². The average Bonchev–Trinajstić information content (AvgIpc) is 2.47. The molecule has 1 aromatic rings. The Hall–Kier alpha value is -1.16. The zero-order valence-electron chi connectivity index (χ0n) is 11.9. The van der Waals surface area contributed by atoms with Gasteiger partial charge in [-0.15, -0.1) is 11.8 Å². The highest BCUT2D eigenvalue weighted by atomic mass is 32.2. The van der Waals surface area contributed by atoms with Crippen molar-refractivity contribution in [1.29, 1.82) is 0 Å².